The molecule has 3 rings (SSSR count). The van der Waals surface area contributed by atoms with E-state index in [2.05, 4.69) is 15.5 Å². The number of rotatable bonds is 13. The second-order valence-electron chi connectivity index (χ2n) is 8.19. The molecule has 0 aliphatic rings. The van der Waals surface area contributed by atoms with Gasteiger partial charge in [0.25, 0.3) is 0 Å². The minimum Gasteiger partial charge on any atom is -0.265 e. The van der Waals surface area contributed by atoms with Crippen LogP contribution in [0.1, 0.15) is 26.7 Å². The Hall–Kier alpha value is -4.08. The third kappa shape index (κ3) is 9.00. The summed E-state index contributed by atoms with van der Waals surface area (Å²) in [5, 5.41) is 11.0. The summed E-state index contributed by atoms with van der Waals surface area (Å²) < 4.78 is 88.8. The zero-order valence-electron chi connectivity index (χ0n) is 21.3. The van der Waals surface area contributed by atoms with Crippen molar-refractivity contribution in [3.8, 4) is 0 Å². The Morgan fingerprint density at radius 2 is 0.775 bits per heavy atom. The number of nitrogens with zero attached hydrogens (tertiary/aromatic N) is 3. The van der Waals surface area contributed by atoms with Crippen LogP contribution in [-0.4, -0.2) is 42.4 Å². The maximum atomic E-state index is 12.5. The van der Waals surface area contributed by atoms with Gasteiger partial charge in [0.05, 0.1) is 17.1 Å². The Morgan fingerprint density at radius 1 is 0.500 bits per heavy atom. The molecule has 0 saturated heterocycles. The molecule has 0 saturated carbocycles. The number of hydrogen-bond acceptors (Lipinski definition) is 12. The predicted octanol–water partition coefficient (Wildman–Crippen LogP) is 4.09. The summed E-state index contributed by atoms with van der Waals surface area (Å²) in [5.74, 6) is 0. The van der Waals surface area contributed by atoms with Crippen LogP contribution >= 0.6 is 0 Å². The molecule has 40 heavy (non-hydrogen) atoms. The Morgan fingerprint density at radius 3 is 1.07 bits per heavy atom. The number of oxime groups is 3. The topological polar surface area (TPSA) is 167 Å². The first kappa shape index (κ1) is 30.5. The van der Waals surface area contributed by atoms with Gasteiger partial charge in [0.15, 0.2) is 0 Å². The molecule has 0 heterocycles. The first-order valence-electron chi connectivity index (χ1n) is 11.5. The zero-order valence-corrected chi connectivity index (χ0v) is 23.8. The summed E-state index contributed by atoms with van der Waals surface area (Å²) in [4.78, 5) is -0.376. The Labute approximate surface area is 232 Å². The molecule has 0 radical (unpaired) electrons. The van der Waals surface area contributed by atoms with Crippen LogP contribution in [-0.2, 0) is 43.2 Å². The molecule has 0 aliphatic heterocycles. The second-order valence-corrected chi connectivity index (χ2v) is 12.8. The van der Waals surface area contributed by atoms with E-state index in [9.17, 15) is 25.3 Å². The highest BCUT2D eigenvalue weighted by molar-refractivity contribution is 7.87. The first-order valence-corrected chi connectivity index (χ1v) is 15.7. The maximum absolute atomic E-state index is 12.5. The molecule has 0 amide bonds. The number of hydrogen-bond donors (Lipinski definition) is 0. The summed E-state index contributed by atoms with van der Waals surface area (Å²) in [5.41, 5.74) is 0.178. The highest BCUT2D eigenvalue weighted by Crippen LogP contribution is 2.15. The minimum atomic E-state index is -4.29. The average molecular weight is 608 g/mol. The summed E-state index contributed by atoms with van der Waals surface area (Å²) in [6.07, 6.45) is -0.431. The summed E-state index contributed by atoms with van der Waals surface area (Å²) >= 11 is 0. The molecule has 0 fully saturated rings. The molecule has 12 nitrogen and oxygen atoms in total. The van der Waals surface area contributed by atoms with E-state index < -0.39 is 30.4 Å². The van der Waals surface area contributed by atoms with Gasteiger partial charge in [-0.15, -0.1) is 0 Å². The molecule has 0 atom stereocenters. The van der Waals surface area contributed by atoms with Crippen molar-refractivity contribution < 1.29 is 38.1 Å². The fourth-order valence-electron chi connectivity index (χ4n) is 3.00. The molecular weight excluding hydrogens is 582 g/mol. The third-order valence-electron chi connectivity index (χ3n) is 4.86. The van der Waals surface area contributed by atoms with Crippen LogP contribution in [0.4, 0.5) is 0 Å². The van der Waals surface area contributed by atoms with Gasteiger partial charge in [-0.3, -0.25) is 12.9 Å². The van der Waals surface area contributed by atoms with Crippen LogP contribution in [0.2, 0.25) is 0 Å². The highest BCUT2D eigenvalue weighted by Gasteiger charge is 2.19. The van der Waals surface area contributed by atoms with Gasteiger partial charge >= 0.3 is 30.4 Å². The standard InChI is InChI=1S/C25H25N3O9S3/c1-20(26-35-38(29,30)23-12-6-3-7-13-23)18-22(28-37-40(33,34)25-16-10-5-11-17-25)19-21(2)27-36-39(31,32)24-14-8-4-9-15-24/h3-17H,18-19H2,1-2H3/b26-20+,27-21+. The van der Waals surface area contributed by atoms with E-state index in [-0.39, 0.29) is 44.7 Å². The van der Waals surface area contributed by atoms with Gasteiger partial charge in [-0.25, -0.2) is 0 Å². The van der Waals surface area contributed by atoms with Gasteiger partial charge < -0.3 is 0 Å². The van der Waals surface area contributed by atoms with Gasteiger partial charge in [0, 0.05) is 12.8 Å². The fraction of sp³-hybridized carbons (Fsp3) is 0.160. The molecule has 0 aromatic heterocycles. The van der Waals surface area contributed by atoms with Crippen LogP contribution in [0.25, 0.3) is 0 Å². The van der Waals surface area contributed by atoms with Gasteiger partial charge in [-0.1, -0.05) is 70.1 Å². The van der Waals surface area contributed by atoms with Crippen molar-refractivity contribution >= 4 is 47.5 Å². The summed E-state index contributed by atoms with van der Waals surface area (Å²) in [6, 6.07) is 21.9. The predicted molar refractivity (Wildman–Crippen MR) is 147 cm³/mol. The molecule has 0 unspecified atom stereocenters. The smallest absolute Gasteiger partial charge is 0.265 e. The van der Waals surface area contributed by atoms with Gasteiger partial charge in [-0.2, -0.15) is 25.3 Å². The van der Waals surface area contributed by atoms with Crippen molar-refractivity contribution in [1.82, 2.24) is 0 Å². The molecule has 3 aromatic carbocycles. The molecule has 212 valence electrons. The molecule has 0 aliphatic carbocycles. The lowest BCUT2D eigenvalue weighted by atomic mass is 10.1. The fourth-order valence-corrected chi connectivity index (χ4v) is 5.38. The van der Waals surface area contributed by atoms with E-state index in [1.807, 2.05) is 0 Å². The lowest BCUT2D eigenvalue weighted by Crippen LogP contribution is -2.14. The van der Waals surface area contributed by atoms with Crippen LogP contribution in [0.3, 0.4) is 0 Å². The lowest BCUT2D eigenvalue weighted by Gasteiger charge is -2.08. The third-order valence-corrected chi connectivity index (χ3v) is 8.22. The lowest BCUT2D eigenvalue weighted by molar-refractivity contribution is 0.335. The van der Waals surface area contributed by atoms with Crippen LogP contribution < -0.4 is 0 Å². The van der Waals surface area contributed by atoms with Crippen molar-refractivity contribution in [3.63, 3.8) is 0 Å². The molecule has 0 bridgehead atoms. The SMILES string of the molecule is C/C(CC(C/C(C)=N/OS(=O)(=O)c1ccccc1)=NOS(=O)(=O)c1ccccc1)=N\OS(=O)(=O)c1ccccc1. The van der Waals surface area contributed by atoms with Gasteiger partial charge in [0.2, 0.25) is 0 Å². The molecule has 3 aromatic rings. The number of benzene rings is 3. The highest BCUT2D eigenvalue weighted by atomic mass is 32.2. The van der Waals surface area contributed by atoms with Crippen LogP contribution in [0.5, 0.6) is 0 Å². The van der Waals surface area contributed by atoms with Crippen molar-refractivity contribution in [3.05, 3.63) is 91.0 Å². The molecule has 0 N–H and O–H groups in total. The Bertz CT molecular complexity index is 1620. The van der Waals surface area contributed by atoms with Crippen molar-refractivity contribution in [1.29, 1.82) is 0 Å². The summed E-state index contributed by atoms with van der Waals surface area (Å²) in [7, 11) is -12.7. The van der Waals surface area contributed by atoms with Crippen molar-refractivity contribution in [2.75, 3.05) is 0 Å². The normalized spacial score (nSPS) is 12.8. The molecular formula is C25H25N3O9S3. The minimum absolute atomic E-state index is 0.00317. The Kier molecular flexibility index (Phi) is 10.1. The average Bonchev–Trinajstić information content (AvgIpc) is 2.95. The van der Waals surface area contributed by atoms with Crippen molar-refractivity contribution in [2.45, 2.75) is 41.4 Å². The van der Waals surface area contributed by atoms with Crippen LogP contribution in [0.15, 0.2) is 121 Å². The second kappa shape index (κ2) is 13.3. The van der Waals surface area contributed by atoms with E-state index >= 15 is 0 Å². The molecule has 15 heteroatoms. The zero-order chi connectivity index (χ0) is 29.2. The maximum Gasteiger partial charge on any atom is 0.358 e. The Balaban J connectivity index is 1.81. The van der Waals surface area contributed by atoms with E-state index in [1.165, 1.54) is 86.6 Å². The van der Waals surface area contributed by atoms with Crippen molar-refractivity contribution in [2.24, 2.45) is 15.5 Å². The largest absolute Gasteiger partial charge is 0.358 e. The van der Waals surface area contributed by atoms with E-state index in [0.29, 0.717) is 0 Å². The quantitative estimate of drug-likeness (QED) is 0.205. The molecule has 0 spiro atoms. The monoisotopic (exact) mass is 607 g/mol. The van der Waals surface area contributed by atoms with Gasteiger partial charge in [0.1, 0.15) is 14.7 Å². The van der Waals surface area contributed by atoms with Gasteiger partial charge in [-0.05, 0) is 50.2 Å². The summed E-state index contributed by atoms with van der Waals surface area (Å²) in [6.45, 7) is 2.84. The van der Waals surface area contributed by atoms with E-state index in [1.54, 1.807) is 18.2 Å². The van der Waals surface area contributed by atoms with Crippen LogP contribution in [0, 0.1) is 0 Å². The first-order chi connectivity index (χ1) is 18.9. The van der Waals surface area contributed by atoms with E-state index in [0.717, 1.165) is 0 Å². The van der Waals surface area contributed by atoms with E-state index in [4.69, 9.17) is 12.9 Å².